The molecule has 0 unspecified atom stereocenters. The minimum atomic E-state index is -0.929. The molecular weight excluding hydrogens is 230 g/mol. The van der Waals surface area contributed by atoms with E-state index in [0.717, 1.165) is 0 Å². The minimum Gasteiger partial charge on any atom is -0.289 e. The van der Waals surface area contributed by atoms with Crippen LogP contribution in [-0.4, -0.2) is 23.5 Å². The lowest BCUT2D eigenvalue weighted by Crippen LogP contribution is -2.36. The molecule has 4 nitrogen and oxygen atoms in total. The van der Waals surface area contributed by atoms with E-state index in [1.807, 2.05) is 5.32 Å². The zero-order valence-electron chi connectivity index (χ0n) is 8.40. The van der Waals surface area contributed by atoms with Gasteiger partial charge in [0, 0.05) is 17.9 Å². The van der Waals surface area contributed by atoms with Gasteiger partial charge in [-0.15, -0.1) is 11.6 Å². The van der Waals surface area contributed by atoms with Crippen molar-refractivity contribution in [1.82, 2.24) is 5.32 Å². The molecule has 0 aliphatic heterocycles. The standard InChI is InChI=1S/C11H10ClNO3/c12-7-6-9(14)13-11(16)10(15)8-4-2-1-3-5-8/h1-5H,6-7H2,(H,13,14,16). The number of halogens is 1. The van der Waals surface area contributed by atoms with E-state index in [1.165, 1.54) is 12.1 Å². The van der Waals surface area contributed by atoms with Gasteiger partial charge in [-0.2, -0.15) is 0 Å². The molecule has 84 valence electrons. The predicted molar refractivity (Wildman–Crippen MR) is 59.3 cm³/mol. The van der Waals surface area contributed by atoms with E-state index in [2.05, 4.69) is 0 Å². The van der Waals surface area contributed by atoms with Crippen molar-refractivity contribution in [3.8, 4) is 0 Å². The third-order valence-electron chi connectivity index (χ3n) is 1.82. The molecule has 0 saturated carbocycles. The molecule has 0 bridgehead atoms. The van der Waals surface area contributed by atoms with E-state index in [-0.39, 0.29) is 17.9 Å². The third-order valence-corrected chi connectivity index (χ3v) is 2.01. The van der Waals surface area contributed by atoms with Gasteiger partial charge in [-0.1, -0.05) is 30.3 Å². The zero-order chi connectivity index (χ0) is 12.0. The van der Waals surface area contributed by atoms with Crippen molar-refractivity contribution < 1.29 is 14.4 Å². The molecule has 0 aliphatic carbocycles. The second-order valence-corrected chi connectivity index (χ2v) is 3.39. The van der Waals surface area contributed by atoms with Gasteiger partial charge in [-0.05, 0) is 0 Å². The van der Waals surface area contributed by atoms with Gasteiger partial charge in [0.25, 0.3) is 11.7 Å². The van der Waals surface area contributed by atoms with Crippen LogP contribution in [0.5, 0.6) is 0 Å². The molecule has 1 N–H and O–H groups in total. The van der Waals surface area contributed by atoms with Crippen molar-refractivity contribution >= 4 is 29.2 Å². The van der Waals surface area contributed by atoms with E-state index in [4.69, 9.17) is 11.6 Å². The van der Waals surface area contributed by atoms with Gasteiger partial charge in [0.05, 0.1) is 0 Å². The maximum atomic E-state index is 11.5. The Kier molecular flexibility index (Phi) is 4.66. The van der Waals surface area contributed by atoms with E-state index >= 15 is 0 Å². The summed E-state index contributed by atoms with van der Waals surface area (Å²) in [5, 5.41) is 1.97. The van der Waals surface area contributed by atoms with Gasteiger partial charge in [0.15, 0.2) is 0 Å². The molecule has 0 aliphatic rings. The van der Waals surface area contributed by atoms with Crippen LogP contribution in [0.25, 0.3) is 0 Å². The van der Waals surface area contributed by atoms with Gasteiger partial charge in [0.2, 0.25) is 5.91 Å². The number of hydrogen-bond donors (Lipinski definition) is 1. The highest BCUT2D eigenvalue weighted by molar-refractivity contribution is 6.44. The Morgan fingerprint density at radius 2 is 1.75 bits per heavy atom. The first-order valence-electron chi connectivity index (χ1n) is 4.64. The van der Waals surface area contributed by atoms with Gasteiger partial charge in [0.1, 0.15) is 0 Å². The number of amides is 2. The molecule has 5 heteroatoms. The summed E-state index contributed by atoms with van der Waals surface area (Å²) in [6.07, 6.45) is 0.00929. The quantitative estimate of drug-likeness (QED) is 0.487. The van der Waals surface area contributed by atoms with Crippen LogP contribution in [-0.2, 0) is 9.59 Å². The predicted octanol–water partition coefficient (Wildman–Crippen LogP) is 1.14. The number of rotatable bonds is 4. The van der Waals surface area contributed by atoms with Crippen molar-refractivity contribution in [2.24, 2.45) is 0 Å². The fraction of sp³-hybridized carbons (Fsp3) is 0.182. The van der Waals surface area contributed by atoms with E-state index in [9.17, 15) is 14.4 Å². The molecule has 1 aromatic carbocycles. The van der Waals surface area contributed by atoms with Crippen LogP contribution in [0.4, 0.5) is 0 Å². The normalized spacial score (nSPS) is 9.56. The van der Waals surface area contributed by atoms with E-state index in [1.54, 1.807) is 18.2 Å². The summed E-state index contributed by atoms with van der Waals surface area (Å²) in [6.45, 7) is 0. The second-order valence-electron chi connectivity index (χ2n) is 3.01. The molecule has 16 heavy (non-hydrogen) atoms. The van der Waals surface area contributed by atoms with Crippen LogP contribution >= 0.6 is 11.6 Å². The molecule has 0 saturated heterocycles. The van der Waals surface area contributed by atoms with Crippen LogP contribution in [0.1, 0.15) is 16.8 Å². The number of Topliss-reactive ketones (excluding diaryl/α,β-unsaturated/α-hetero) is 1. The smallest absolute Gasteiger partial charge is 0.289 e. The maximum Gasteiger partial charge on any atom is 0.298 e. The first-order chi connectivity index (χ1) is 7.65. The molecule has 0 spiro atoms. The Labute approximate surface area is 97.6 Å². The van der Waals surface area contributed by atoms with Crippen LogP contribution in [0.2, 0.25) is 0 Å². The summed E-state index contributed by atoms with van der Waals surface area (Å²) in [4.78, 5) is 33.8. The molecular formula is C11H10ClNO3. The van der Waals surface area contributed by atoms with Crippen molar-refractivity contribution in [1.29, 1.82) is 0 Å². The number of nitrogens with one attached hydrogen (secondary N) is 1. The summed E-state index contributed by atoms with van der Waals surface area (Å²) in [5.41, 5.74) is 0.249. The molecule has 1 aromatic rings. The highest BCUT2D eigenvalue weighted by Crippen LogP contribution is 1.99. The first kappa shape index (κ1) is 12.4. The lowest BCUT2D eigenvalue weighted by atomic mass is 10.1. The molecule has 2 amide bonds. The topological polar surface area (TPSA) is 63.2 Å². The van der Waals surface area contributed by atoms with Gasteiger partial charge < -0.3 is 0 Å². The van der Waals surface area contributed by atoms with Crippen LogP contribution in [0.3, 0.4) is 0 Å². The molecule has 0 heterocycles. The number of imide groups is 1. The lowest BCUT2D eigenvalue weighted by Gasteiger charge is -2.01. The summed E-state index contributed by atoms with van der Waals surface area (Å²) < 4.78 is 0. The van der Waals surface area contributed by atoms with Crippen molar-refractivity contribution in [3.63, 3.8) is 0 Å². The lowest BCUT2D eigenvalue weighted by molar-refractivity contribution is -0.128. The summed E-state index contributed by atoms with van der Waals surface area (Å²) >= 11 is 5.32. The fourth-order valence-electron chi connectivity index (χ4n) is 1.05. The van der Waals surface area contributed by atoms with Crippen LogP contribution in [0.15, 0.2) is 30.3 Å². The number of carbonyl (C=O) groups is 3. The van der Waals surface area contributed by atoms with Crippen molar-refractivity contribution in [3.05, 3.63) is 35.9 Å². The van der Waals surface area contributed by atoms with Crippen molar-refractivity contribution in [2.45, 2.75) is 6.42 Å². The Morgan fingerprint density at radius 1 is 1.12 bits per heavy atom. The molecule has 1 rings (SSSR count). The van der Waals surface area contributed by atoms with Gasteiger partial charge in [-0.25, -0.2) is 0 Å². The van der Waals surface area contributed by atoms with E-state index in [0.29, 0.717) is 0 Å². The molecule has 0 atom stereocenters. The SMILES string of the molecule is O=C(CCCl)NC(=O)C(=O)c1ccccc1. The van der Waals surface area contributed by atoms with Gasteiger partial charge in [-0.3, -0.25) is 19.7 Å². The highest BCUT2D eigenvalue weighted by Gasteiger charge is 2.17. The Hall–Kier alpha value is -1.68. The fourth-order valence-corrected chi connectivity index (χ4v) is 1.22. The summed E-state index contributed by atoms with van der Waals surface area (Å²) in [6, 6.07) is 8.03. The number of hydrogen-bond acceptors (Lipinski definition) is 3. The van der Waals surface area contributed by atoms with Gasteiger partial charge >= 0.3 is 0 Å². The number of ketones is 1. The zero-order valence-corrected chi connectivity index (χ0v) is 9.16. The average Bonchev–Trinajstić information content (AvgIpc) is 2.29. The highest BCUT2D eigenvalue weighted by atomic mass is 35.5. The number of carbonyl (C=O) groups excluding carboxylic acids is 3. The average molecular weight is 240 g/mol. The van der Waals surface area contributed by atoms with Crippen molar-refractivity contribution in [2.75, 3.05) is 5.88 Å². The largest absolute Gasteiger partial charge is 0.298 e. The number of alkyl halides is 1. The van der Waals surface area contributed by atoms with E-state index < -0.39 is 17.6 Å². The minimum absolute atomic E-state index is 0.00929. The maximum absolute atomic E-state index is 11.5. The number of benzene rings is 1. The molecule has 0 aromatic heterocycles. The first-order valence-corrected chi connectivity index (χ1v) is 5.18. The monoisotopic (exact) mass is 239 g/mol. The Balaban J connectivity index is 2.62. The summed E-state index contributed by atoms with van der Waals surface area (Å²) in [5.74, 6) is -2.10. The third kappa shape index (κ3) is 3.47. The van der Waals surface area contributed by atoms with Crippen LogP contribution < -0.4 is 5.32 Å². The second kappa shape index (κ2) is 6.02. The summed E-state index contributed by atoms with van der Waals surface area (Å²) in [7, 11) is 0. The Bertz CT molecular complexity index is 403. The molecule has 0 fully saturated rings. The molecule has 0 radical (unpaired) electrons. The van der Waals surface area contributed by atoms with Crippen LogP contribution in [0, 0.1) is 0 Å². The Morgan fingerprint density at radius 3 is 2.31 bits per heavy atom.